The van der Waals surface area contributed by atoms with Crippen molar-refractivity contribution in [2.75, 3.05) is 26.7 Å². The SMILES string of the molecule is CCOC(=O)CCCNC(=NC)NCCc1csc(C)n1. The molecule has 0 bridgehead atoms. The second kappa shape index (κ2) is 10.1. The minimum absolute atomic E-state index is 0.152. The van der Waals surface area contributed by atoms with Crippen LogP contribution < -0.4 is 10.6 Å². The van der Waals surface area contributed by atoms with Crippen molar-refractivity contribution in [2.24, 2.45) is 4.99 Å². The molecule has 0 amide bonds. The highest BCUT2D eigenvalue weighted by Crippen LogP contribution is 2.07. The third kappa shape index (κ3) is 7.65. The average Bonchev–Trinajstić information content (AvgIpc) is 2.87. The highest BCUT2D eigenvalue weighted by atomic mass is 32.1. The minimum atomic E-state index is -0.152. The molecule has 1 aromatic rings. The monoisotopic (exact) mass is 312 g/mol. The quantitative estimate of drug-likeness (QED) is 0.329. The van der Waals surface area contributed by atoms with Gasteiger partial charge in [-0.1, -0.05) is 0 Å². The van der Waals surface area contributed by atoms with Gasteiger partial charge in [0, 0.05) is 38.4 Å². The van der Waals surface area contributed by atoms with Crippen LogP contribution in [-0.2, 0) is 16.0 Å². The molecule has 7 heteroatoms. The van der Waals surface area contributed by atoms with Gasteiger partial charge in [0.1, 0.15) is 0 Å². The summed E-state index contributed by atoms with van der Waals surface area (Å²) in [5.41, 5.74) is 1.10. The van der Waals surface area contributed by atoms with E-state index in [4.69, 9.17) is 4.74 Å². The number of hydrogen-bond donors (Lipinski definition) is 2. The average molecular weight is 312 g/mol. The van der Waals surface area contributed by atoms with Crippen molar-refractivity contribution in [1.29, 1.82) is 0 Å². The van der Waals surface area contributed by atoms with Crippen LogP contribution in [0.1, 0.15) is 30.5 Å². The zero-order chi connectivity index (χ0) is 15.5. The Morgan fingerprint density at radius 1 is 1.43 bits per heavy atom. The van der Waals surface area contributed by atoms with Gasteiger partial charge in [0.2, 0.25) is 0 Å². The van der Waals surface area contributed by atoms with Crippen molar-refractivity contribution in [3.63, 3.8) is 0 Å². The van der Waals surface area contributed by atoms with Crippen molar-refractivity contribution in [1.82, 2.24) is 15.6 Å². The van der Waals surface area contributed by atoms with E-state index < -0.39 is 0 Å². The standard InChI is InChI=1S/C14H24N4O2S/c1-4-20-13(19)6-5-8-16-14(15-3)17-9-7-12-10-21-11(2)18-12/h10H,4-9H2,1-3H3,(H2,15,16,17). The van der Waals surface area contributed by atoms with Crippen molar-refractivity contribution < 1.29 is 9.53 Å². The summed E-state index contributed by atoms with van der Waals surface area (Å²) in [6, 6.07) is 0. The number of hydrogen-bond acceptors (Lipinski definition) is 5. The molecular weight excluding hydrogens is 288 g/mol. The predicted molar refractivity (Wildman–Crippen MR) is 85.8 cm³/mol. The van der Waals surface area contributed by atoms with Gasteiger partial charge in [-0.25, -0.2) is 4.98 Å². The van der Waals surface area contributed by atoms with Gasteiger partial charge in [0.15, 0.2) is 5.96 Å². The van der Waals surface area contributed by atoms with Crippen LogP contribution in [0.25, 0.3) is 0 Å². The van der Waals surface area contributed by atoms with E-state index >= 15 is 0 Å². The summed E-state index contributed by atoms with van der Waals surface area (Å²) in [7, 11) is 1.73. The van der Waals surface area contributed by atoms with E-state index in [2.05, 4.69) is 26.0 Å². The van der Waals surface area contributed by atoms with Gasteiger partial charge in [-0.15, -0.1) is 11.3 Å². The lowest BCUT2D eigenvalue weighted by molar-refractivity contribution is -0.143. The molecule has 2 N–H and O–H groups in total. The number of thiazole rings is 1. The summed E-state index contributed by atoms with van der Waals surface area (Å²) < 4.78 is 4.87. The Bertz CT molecular complexity index is 460. The first-order valence-corrected chi connectivity index (χ1v) is 8.04. The zero-order valence-corrected chi connectivity index (χ0v) is 13.8. The van der Waals surface area contributed by atoms with Gasteiger partial charge in [-0.05, 0) is 20.3 Å². The van der Waals surface area contributed by atoms with E-state index in [1.807, 2.05) is 13.8 Å². The van der Waals surface area contributed by atoms with Crippen LogP contribution in [0.2, 0.25) is 0 Å². The summed E-state index contributed by atoms with van der Waals surface area (Å²) in [6.07, 6.45) is 2.02. The van der Waals surface area contributed by atoms with E-state index in [-0.39, 0.29) is 5.97 Å². The molecule has 0 saturated heterocycles. The molecule has 0 spiro atoms. The number of carbonyl (C=O) groups excluding carboxylic acids is 1. The smallest absolute Gasteiger partial charge is 0.305 e. The fraction of sp³-hybridized carbons (Fsp3) is 0.643. The molecule has 1 rings (SSSR count). The Labute approximate surface area is 130 Å². The molecule has 0 atom stereocenters. The van der Waals surface area contributed by atoms with Crippen LogP contribution in [0, 0.1) is 6.92 Å². The maximum Gasteiger partial charge on any atom is 0.305 e. The zero-order valence-electron chi connectivity index (χ0n) is 12.9. The van der Waals surface area contributed by atoms with Gasteiger partial charge in [0.25, 0.3) is 0 Å². The second-order valence-corrected chi connectivity index (χ2v) is 5.50. The number of nitrogens with one attached hydrogen (secondary N) is 2. The van der Waals surface area contributed by atoms with Crippen molar-refractivity contribution >= 4 is 23.3 Å². The molecule has 0 unspecified atom stereocenters. The third-order valence-corrected chi connectivity index (χ3v) is 3.54. The lowest BCUT2D eigenvalue weighted by Gasteiger charge is -2.11. The molecule has 0 fully saturated rings. The molecule has 118 valence electrons. The number of guanidine groups is 1. The Hall–Kier alpha value is -1.63. The Morgan fingerprint density at radius 2 is 2.19 bits per heavy atom. The first kappa shape index (κ1) is 17.4. The van der Waals surface area contributed by atoms with Gasteiger partial charge in [0.05, 0.1) is 17.3 Å². The molecule has 1 heterocycles. The third-order valence-electron chi connectivity index (χ3n) is 2.72. The molecule has 0 aliphatic carbocycles. The molecule has 0 aromatic carbocycles. The molecule has 0 aliphatic rings. The van der Waals surface area contributed by atoms with Crippen LogP contribution in [-0.4, -0.2) is 43.7 Å². The molecular formula is C14H24N4O2S. The lowest BCUT2D eigenvalue weighted by Crippen LogP contribution is -2.38. The van der Waals surface area contributed by atoms with E-state index in [1.165, 1.54) is 0 Å². The fourth-order valence-corrected chi connectivity index (χ4v) is 2.37. The first-order valence-electron chi connectivity index (χ1n) is 7.16. The summed E-state index contributed by atoms with van der Waals surface area (Å²) >= 11 is 1.66. The summed E-state index contributed by atoms with van der Waals surface area (Å²) in [5.74, 6) is 0.590. The molecule has 6 nitrogen and oxygen atoms in total. The van der Waals surface area contributed by atoms with Gasteiger partial charge < -0.3 is 15.4 Å². The van der Waals surface area contributed by atoms with Gasteiger partial charge >= 0.3 is 5.97 Å². The van der Waals surface area contributed by atoms with E-state index in [0.717, 1.165) is 36.0 Å². The van der Waals surface area contributed by atoms with Crippen LogP contribution in [0.15, 0.2) is 10.4 Å². The van der Waals surface area contributed by atoms with Gasteiger partial charge in [-0.2, -0.15) is 0 Å². The van der Waals surface area contributed by atoms with Crippen LogP contribution in [0.4, 0.5) is 0 Å². The molecule has 0 saturated carbocycles. The number of aromatic nitrogens is 1. The highest BCUT2D eigenvalue weighted by Gasteiger charge is 2.03. The van der Waals surface area contributed by atoms with Crippen LogP contribution in [0.5, 0.6) is 0 Å². The maximum absolute atomic E-state index is 11.2. The summed E-state index contributed by atoms with van der Waals surface area (Å²) in [5, 5.41) is 9.56. The van der Waals surface area contributed by atoms with Crippen LogP contribution in [0.3, 0.4) is 0 Å². The lowest BCUT2D eigenvalue weighted by atomic mass is 10.3. The number of nitrogens with zero attached hydrogens (tertiary/aromatic N) is 2. The fourth-order valence-electron chi connectivity index (χ4n) is 1.73. The van der Waals surface area contributed by atoms with Crippen LogP contribution >= 0.6 is 11.3 Å². The predicted octanol–water partition coefficient (Wildman–Crippen LogP) is 1.50. The summed E-state index contributed by atoms with van der Waals surface area (Å²) in [6.45, 7) is 5.72. The number of rotatable bonds is 8. The Morgan fingerprint density at radius 3 is 2.81 bits per heavy atom. The number of esters is 1. The molecule has 1 aromatic heterocycles. The largest absolute Gasteiger partial charge is 0.466 e. The maximum atomic E-state index is 11.2. The van der Waals surface area contributed by atoms with E-state index in [9.17, 15) is 4.79 Å². The van der Waals surface area contributed by atoms with E-state index in [0.29, 0.717) is 19.6 Å². The Balaban J connectivity index is 2.13. The number of carbonyl (C=O) groups is 1. The second-order valence-electron chi connectivity index (χ2n) is 4.44. The normalized spacial score (nSPS) is 11.3. The van der Waals surface area contributed by atoms with Crippen molar-refractivity contribution in [3.8, 4) is 0 Å². The molecule has 21 heavy (non-hydrogen) atoms. The minimum Gasteiger partial charge on any atom is -0.466 e. The Kier molecular flexibility index (Phi) is 8.42. The van der Waals surface area contributed by atoms with Gasteiger partial charge in [-0.3, -0.25) is 9.79 Å². The topological polar surface area (TPSA) is 75.6 Å². The highest BCUT2D eigenvalue weighted by molar-refractivity contribution is 7.09. The number of ether oxygens (including phenoxy) is 1. The molecule has 0 radical (unpaired) electrons. The molecule has 0 aliphatic heterocycles. The van der Waals surface area contributed by atoms with Crippen molar-refractivity contribution in [3.05, 3.63) is 16.1 Å². The number of aliphatic imine (C=N–C) groups is 1. The van der Waals surface area contributed by atoms with Crippen molar-refractivity contribution in [2.45, 2.75) is 33.1 Å². The first-order chi connectivity index (χ1) is 10.2. The summed E-state index contributed by atoms with van der Waals surface area (Å²) in [4.78, 5) is 19.7. The number of aryl methyl sites for hydroxylation is 1. The van der Waals surface area contributed by atoms with E-state index in [1.54, 1.807) is 18.4 Å².